The van der Waals surface area contributed by atoms with Gasteiger partial charge in [0.25, 0.3) is 0 Å². The molecule has 0 fully saturated rings. The fourth-order valence-electron chi connectivity index (χ4n) is 2.82. The van der Waals surface area contributed by atoms with Crippen LogP contribution in [0, 0.1) is 0 Å². The van der Waals surface area contributed by atoms with Crippen molar-refractivity contribution in [1.82, 2.24) is 4.40 Å². The Balaban J connectivity index is 2.23. The minimum absolute atomic E-state index is 0.0846. The molecule has 0 radical (unpaired) electrons. The molecule has 0 aliphatic heterocycles. The lowest BCUT2D eigenvalue weighted by Crippen LogP contribution is -2.15. The Hall–Kier alpha value is -2.80. The third kappa shape index (κ3) is 3.42. The molecule has 0 unspecified atom stereocenters. The highest BCUT2D eigenvalue weighted by molar-refractivity contribution is 6.35. The van der Waals surface area contributed by atoms with E-state index in [-0.39, 0.29) is 22.9 Å². The van der Waals surface area contributed by atoms with E-state index < -0.39 is 29.1 Å². The zero-order chi connectivity index (χ0) is 19.8. The maximum atomic E-state index is 13.4. The van der Waals surface area contributed by atoms with Crippen LogP contribution in [0.25, 0.3) is 5.52 Å². The Morgan fingerprint density at radius 2 is 1.89 bits per heavy atom. The predicted octanol–water partition coefficient (Wildman–Crippen LogP) is 5.02. The van der Waals surface area contributed by atoms with Gasteiger partial charge in [0.2, 0.25) is 5.78 Å². The normalized spacial score (nSPS) is 11.6. The molecule has 0 N–H and O–H groups in total. The molecule has 2 heterocycles. The standard InChI is InChI=1S/C19H13ClF3NO3/c1-2-27-18(26)11-10-15(24-9-4-3-8-14(11)24)17(25)16-12(19(21,22)23)6-5-7-13(16)20/h3-10H,2H2,1H3. The zero-order valence-electron chi connectivity index (χ0n) is 14.0. The molecule has 2 aromatic heterocycles. The van der Waals surface area contributed by atoms with Crippen LogP contribution in [-0.2, 0) is 10.9 Å². The SMILES string of the molecule is CCOC(=O)c1cc(C(=O)c2c(Cl)cccc2C(F)(F)F)n2ccccc12. The number of nitrogens with zero attached hydrogens (tertiary/aromatic N) is 1. The molecule has 1 aromatic carbocycles. The van der Waals surface area contributed by atoms with Gasteiger partial charge < -0.3 is 9.14 Å². The molecular weight excluding hydrogens is 383 g/mol. The van der Waals surface area contributed by atoms with Crippen LogP contribution in [0.4, 0.5) is 13.2 Å². The summed E-state index contributed by atoms with van der Waals surface area (Å²) >= 11 is 5.93. The summed E-state index contributed by atoms with van der Waals surface area (Å²) < 4.78 is 46.4. The van der Waals surface area contributed by atoms with Crippen LogP contribution >= 0.6 is 11.6 Å². The van der Waals surface area contributed by atoms with Crippen LogP contribution in [0.5, 0.6) is 0 Å². The molecule has 0 spiro atoms. The van der Waals surface area contributed by atoms with E-state index in [1.165, 1.54) is 22.7 Å². The summed E-state index contributed by atoms with van der Waals surface area (Å²) in [6.07, 6.45) is -3.28. The van der Waals surface area contributed by atoms with Gasteiger partial charge in [0.05, 0.1) is 39.5 Å². The number of benzene rings is 1. The molecule has 3 aromatic rings. The fourth-order valence-corrected chi connectivity index (χ4v) is 3.08. The number of alkyl halides is 3. The van der Waals surface area contributed by atoms with E-state index in [4.69, 9.17) is 16.3 Å². The van der Waals surface area contributed by atoms with Crippen LogP contribution < -0.4 is 0 Å². The van der Waals surface area contributed by atoms with Gasteiger partial charge in [-0.1, -0.05) is 23.7 Å². The van der Waals surface area contributed by atoms with E-state index in [1.807, 2.05) is 0 Å². The second-order valence-corrected chi connectivity index (χ2v) is 6.02. The molecule has 0 saturated carbocycles. The van der Waals surface area contributed by atoms with Crippen molar-refractivity contribution >= 4 is 28.9 Å². The van der Waals surface area contributed by atoms with Crippen molar-refractivity contribution in [2.75, 3.05) is 6.61 Å². The maximum Gasteiger partial charge on any atom is 0.417 e. The Morgan fingerprint density at radius 3 is 2.56 bits per heavy atom. The lowest BCUT2D eigenvalue weighted by atomic mass is 10.0. The highest BCUT2D eigenvalue weighted by Gasteiger charge is 2.37. The highest BCUT2D eigenvalue weighted by atomic mass is 35.5. The van der Waals surface area contributed by atoms with Crippen LogP contribution in [0.15, 0.2) is 48.7 Å². The van der Waals surface area contributed by atoms with E-state index in [1.54, 1.807) is 25.1 Å². The van der Waals surface area contributed by atoms with Crippen molar-refractivity contribution in [3.8, 4) is 0 Å². The monoisotopic (exact) mass is 395 g/mol. The van der Waals surface area contributed by atoms with Gasteiger partial charge in [0.1, 0.15) is 0 Å². The van der Waals surface area contributed by atoms with Gasteiger partial charge >= 0.3 is 12.1 Å². The maximum absolute atomic E-state index is 13.4. The quantitative estimate of drug-likeness (QED) is 0.460. The summed E-state index contributed by atoms with van der Waals surface area (Å²) in [5, 5.41) is -0.321. The minimum atomic E-state index is -4.76. The van der Waals surface area contributed by atoms with E-state index in [9.17, 15) is 22.8 Å². The van der Waals surface area contributed by atoms with Gasteiger partial charge in [-0.25, -0.2) is 4.79 Å². The first kappa shape index (κ1) is 19.0. The molecule has 4 nitrogen and oxygen atoms in total. The molecule has 0 amide bonds. The number of fused-ring (bicyclic) bond motifs is 1. The number of carbonyl (C=O) groups is 2. The Labute approximate surface area is 157 Å². The van der Waals surface area contributed by atoms with Crippen molar-refractivity contribution in [3.63, 3.8) is 0 Å². The average molecular weight is 396 g/mol. The summed E-state index contributed by atoms with van der Waals surface area (Å²) in [5.74, 6) is -1.61. The number of rotatable bonds is 4. The summed E-state index contributed by atoms with van der Waals surface area (Å²) in [6.45, 7) is 1.75. The lowest BCUT2D eigenvalue weighted by molar-refractivity contribution is -0.137. The summed E-state index contributed by atoms with van der Waals surface area (Å²) in [6, 6.07) is 9.16. The fraction of sp³-hybridized carbons (Fsp3) is 0.158. The molecule has 27 heavy (non-hydrogen) atoms. The van der Waals surface area contributed by atoms with Crippen LogP contribution in [0.1, 0.15) is 38.9 Å². The smallest absolute Gasteiger partial charge is 0.417 e. The number of hydrogen-bond donors (Lipinski definition) is 0. The van der Waals surface area contributed by atoms with E-state index in [0.717, 1.165) is 12.1 Å². The van der Waals surface area contributed by atoms with Gasteiger partial charge in [-0.2, -0.15) is 13.2 Å². The first-order chi connectivity index (χ1) is 12.8. The second kappa shape index (κ2) is 7.08. The molecule has 0 aliphatic carbocycles. The van der Waals surface area contributed by atoms with Crippen molar-refractivity contribution in [1.29, 1.82) is 0 Å². The summed E-state index contributed by atoms with van der Waals surface area (Å²) in [5.41, 5.74) is -1.48. The summed E-state index contributed by atoms with van der Waals surface area (Å²) in [4.78, 5) is 25.2. The largest absolute Gasteiger partial charge is 0.462 e. The first-order valence-corrected chi connectivity index (χ1v) is 8.31. The Kier molecular flexibility index (Phi) is 4.97. The number of ketones is 1. The van der Waals surface area contributed by atoms with Gasteiger partial charge in [-0.3, -0.25) is 4.79 Å². The number of hydrogen-bond acceptors (Lipinski definition) is 3. The van der Waals surface area contributed by atoms with E-state index >= 15 is 0 Å². The number of aromatic nitrogens is 1. The van der Waals surface area contributed by atoms with Gasteiger partial charge in [-0.15, -0.1) is 0 Å². The molecular formula is C19H13ClF3NO3. The molecule has 140 valence electrons. The van der Waals surface area contributed by atoms with Crippen molar-refractivity contribution in [3.05, 3.63) is 76.1 Å². The number of esters is 1. The van der Waals surface area contributed by atoms with Crippen LogP contribution in [-0.4, -0.2) is 22.8 Å². The number of halogens is 4. The zero-order valence-corrected chi connectivity index (χ0v) is 14.8. The summed E-state index contributed by atoms with van der Waals surface area (Å²) in [7, 11) is 0. The van der Waals surface area contributed by atoms with Crippen molar-refractivity contribution in [2.45, 2.75) is 13.1 Å². The highest BCUT2D eigenvalue weighted by Crippen LogP contribution is 2.36. The Morgan fingerprint density at radius 1 is 1.15 bits per heavy atom. The van der Waals surface area contributed by atoms with E-state index in [0.29, 0.717) is 5.52 Å². The number of ether oxygens (including phenoxy) is 1. The van der Waals surface area contributed by atoms with Gasteiger partial charge in [-0.05, 0) is 37.3 Å². The predicted molar refractivity (Wildman–Crippen MR) is 93.2 cm³/mol. The molecule has 0 aliphatic rings. The number of carbonyl (C=O) groups excluding carboxylic acids is 2. The van der Waals surface area contributed by atoms with Crippen molar-refractivity contribution in [2.24, 2.45) is 0 Å². The van der Waals surface area contributed by atoms with Gasteiger partial charge in [0, 0.05) is 6.20 Å². The van der Waals surface area contributed by atoms with Crippen molar-refractivity contribution < 1.29 is 27.5 Å². The molecule has 8 heteroatoms. The van der Waals surface area contributed by atoms with Crippen LogP contribution in [0.2, 0.25) is 5.02 Å². The average Bonchev–Trinajstić information content (AvgIpc) is 3.00. The van der Waals surface area contributed by atoms with Crippen LogP contribution in [0.3, 0.4) is 0 Å². The first-order valence-electron chi connectivity index (χ1n) is 7.93. The molecule has 0 saturated heterocycles. The topological polar surface area (TPSA) is 47.8 Å². The minimum Gasteiger partial charge on any atom is -0.462 e. The lowest BCUT2D eigenvalue weighted by Gasteiger charge is -2.13. The number of pyridine rings is 1. The van der Waals surface area contributed by atoms with E-state index in [2.05, 4.69) is 0 Å². The Bertz CT molecular complexity index is 1040. The van der Waals surface area contributed by atoms with Gasteiger partial charge in [0.15, 0.2) is 0 Å². The molecule has 0 atom stereocenters. The molecule has 3 rings (SSSR count). The third-order valence-electron chi connectivity index (χ3n) is 3.95. The molecule has 0 bridgehead atoms. The third-order valence-corrected chi connectivity index (χ3v) is 4.27. The second-order valence-electron chi connectivity index (χ2n) is 5.61.